The Kier molecular flexibility index (Phi) is 6.60. The van der Waals surface area contributed by atoms with Gasteiger partial charge in [-0.2, -0.15) is 0 Å². The first kappa shape index (κ1) is 11.7. The van der Waals surface area contributed by atoms with E-state index in [0.717, 1.165) is 0 Å². The van der Waals surface area contributed by atoms with E-state index >= 15 is 0 Å². The van der Waals surface area contributed by atoms with E-state index in [9.17, 15) is 4.39 Å². The van der Waals surface area contributed by atoms with Crippen LogP contribution in [0.25, 0.3) is 0 Å². The van der Waals surface area contributed by atoms with E-state index in [1.54, 1.807) is 24.3 Å². The largest absolute Gasteiger partial charge is 0.508 e. The van der Waals surface area contributed by atoms with Crippen LogP contribution in [0.3, 0.4) is 0 Å². The second kappa shape index (κ2) is 7.35. The SMILES string of the molecule is CC(C)/C=C/F.Oc1ccccc1. The summed E-state index contributed by atoms with van der Waals surface area (Å²) in [5.41, 5.74) is 0. The fourth-order valence-corrected chi connectivity index (χ4v) is 0.573. The second-order valence-electron chi connectivity index (χ2n) is 2.90. The van der Waals surface area contributed by atoms with Gasteiger partial charge in [0, 0.05) is 0 Å². The van der Waals surface area contributed by atoms with Gasteiger partial charge in [-0.25, -0.2) is 4.39 Å². The minimum Gasteiger partial charge on any atom is -0.508 e. The van der Waals surface area contributed by atoms with Crippen molar-refractivity contribution in [2.24, 2.45) is 5.92 Å². The lowest BCUT2D eigenvalue weighted by Gasteiger charge is -1.85. The lowest BCUT2D eigenvalue weighted by atomic mass is 10.2. The molecule has 1 rings (SSSR count). The Morgan fingerprint density at radius 3 is 1.92 bits per heavy atom. The molecule has 0 heterocycles. The van der Waals surface area contributed by atoms with Crippen molar-refractivity contribution in [1.82, 2.24) is 0 Å². The molecule has 0 fully saturated rings. The normalized spacial score (nSPS) is 9.85. The molecule has 0 aromatic heterocycles. The van der Waals surface area contributed by atoms with Gasteiger partial charge in [0.1, 0.15) is 5.75 Å². The molecule has 0 aliphatic rings. The fourth-order valence-electron chi connectivity index (χ4n) is 0.573. The van der Waals surface area contributed by atoms with Crippen molar-refractivity contribution in [3.63, 3.8) is 0 Å². The number of rotatable bonds is 1. The van der Waals surface area contributed by atoms with E-state index in [4.69, 9.17) is 5.11 Å². The number of phenolic OH excluding ortho intramolecular Hbond substituents is 1. The fraction of sp³-hybridized carbons (Fsp3) is 0.273. The summed E-state index contributed by atoms with van der Waals surface area (Å²) in [6, 6.07) is 8.71. The van der Waals surface area contributed by atoms with E-state index in [1.807, 2.05) is 19.9 Å². The van der Waals surface area contributed by atoms with Crippen molar-refractivity contribution in [1.29, 1.82) is 0 Å². The molecular formula is C11H15FO. The van der Waals surface area contributed by atoms with Crippen LogP contribution in [0.4, 0.5) is 4.39 Å². The van der Waals surface area contributed by atoms with Gasteiger partial charge < -0.3 is 5.11 Å². The third-order valence-electron chi connectivity index (χ3n) is 1.21. The van der Waals surface area contributed by atoms with Crippen molar-refractivity contribution in [3.8, 4) is 5.75 Å². The highest BCUT2D eigenvalue weighted by atomic mass is 19.1. The summed E-state index contributed by atoms with van der Waals surface area (Å²) < 4.78 is 11.1. The smallest absolute Gasteiger partial charge is 0.115 e. The summed E-state index contributed by atoms with van der Waals surface area (Å²) in [6.07, 6.45) is 2.07. The Morgan fingerprint density at radius 2 is 1.77 bits per heavy atom. The number of hydrogen-bond donors (Lipinski definition) is 1. The highest BCUT2D eigenvalue weighted by molar-refractivity contribution is 5.18. The first-order chi connectivity index (χ1) is 6.16. The van der Waals surface area contributed by atoms with Crippen molar-refractivity contribution in [3.05, 3.63) is 42.7 Å². The van der Waals surface area contributed by atoms with Crippen LogP contribution >= 0.6 is 0 Å². The van der Waals surface area contributed by atoms with Gasteiger partial charge in [-0.3, -0.25) is 0 Å². The molecule has 0 bridgehead atoms. The molecule has 1 nitrogen and oxygen atoms in total. The molecule has 0 aliphatic heterocycles. The van der Waals surface area contributed by atoms with Crippen LogP contribution in [-0.2, 0) is 0 Å². The zero-order valence-electron chi connectivity index (χ0n) is 7.94. The molecule has 0 spiro atoms. The van der Waals surface area contributed by atoms with E-state index in [1.165, 1.54) is 6.08 Å². The van der Waals surface area contributed by atoms with Crippen molar-refractivity contribution in [2.45, 2.75) is 13.8 Å². The molecule has 1 aromatic rings. The van der Waals surface area contributed by atoms with Gasteiger partial charge in [0.25, 0.3) is 0 Å². The maximum absolute atomic E-state index is 11.1. The highest BCUT2D eigenvalue weighted by Gasteiger charge is 1.78. The quantitative estimate of drug-likeness (QED) is 0.704. The Hall–Kier alpha value is -1.31. The monoisotopic (exact) mass is 182 g/mol. The first-order valence-electron chi connectivity index (χ1n) is 4.17. The maximum Gasteiger partial charge on any atom is 0.115 e. The number of hydrogen-bond acceptors (Lipinski definition) is 1. The molecule has 0 aliphatic carbocycles. The predicted octanol–water partition coefficient (Wildman–Crippen LogP) is 3.52. The number of halogens is 1. The van der Waals surface area contributed by atoms with Crippen LogP contribution in [-0.4, -0.2) is 5.11 Å². The summed E-state index contributed by atoms with van der Waals surface area (Å²) in [5.74, 6) is 0.664. The molecule has 0 atom stereocenters. The van der Waals surface area contributed by atoms with Crippen LogP contribution in [0.1, 0.15) is 13.8 Å². The Balaban J connectivity index is 0.000000226. The molecule has 72 valence electrons. The molecule has 13 heavy (non-hydrogen) atoms. The molecule has 2 heteroatoms. The van der Waals surface area contributed by atoms with Gasteiger partial charge in [-0.15, -0.1) is 0 Å². The van der Waals surface area contributed by atoms with Gasteiger partial charge in [0.05, 0.1) is 6.33 Å². The van der Waals surface area contributed by atoms with Gasteiger partial charge in [-0.05, 0) is 18.1 Å². The molecular weight excluding hydrogens is 167 g/mol. The third kappa shape index (κ3) is 8.60. The van der Waals surface area contributed by atoms with E-state index in [-0.39, 0.29) is 0 Å². The zero-order valence-corrected chi connectivity index (χ0v) is 7.94. The average molecular weight is 182 g/mol. The van der Waals surface area contributed by atoms with Crippen LogP contribution in [0, 0.1) is 5.92 Å². The number of aromatic hydroxyl groups is 1. The third-order valence-corrected chi connectivity index (χ3v) is 1.21. The summed E-state index contributed by atoms with van der Waals surface area (Å²) in [5, 5.41) is 8.63. The lowest BCUT2D eigenvalue weighted by Crippen LogP contribution is -1.72. The van der Waals surface area contributed by atoms with Crippen molar-refractivity contribution in [2.75, 3.05) is 0 Å². The van der Waals surface area contributed by atoms with Gasteiger partial charge in [-0.1, -0.05) is 38.1 Å². The van der Waals surface area contributed by atoms with E-state index in [2.05, 4.69) is 0 Å². The van der Waals surface area contributed by atoms with Crippen LogP contribution in [0.5, 0.6) is 5.75 Å². The number of para-hydroxylation sites is 1. The molecule has 1 N–H and O–H groups in total. The average Bonchev–Trinajstić information content (AvgIpc) is 2.06. The first-order valence-corrected chi connectivity index (χ1v) is 4.17. The van der Waals surface area contributed by atoms with Gasteiger partial charge >= 0.3 is 0 Å². The van der Waals surface area contributed by atoms with Crippen LogP contribution in [0.15, 0.2) is 42.7 Å². The second-order valence-corrected chi connectivity index (χ2v) is 2.90. The molecule has 0 saturated heterocycles. The summed E-state index contributed by atoms with van der Waals surface area (Å²) in [7, 11) is 0. The van der Waals surface area contributed by atoms with E-state index < -0.39 is 0 Å². The van der Waals surface area contributed by atoms with E-state index in [0.29, 0.717) is 18.0 Å². The topological polar surface area (TPSA) is 20.2 Å². The van der Waals surface area contributed by atoms with Crippen molar-refractivity contribution >= 4 is 0 Å². The molecule has 0 amide bonds. The number of phenols is 1. The Bertz CT molecular complexity index is 229. The Labute approximate surface area is 78.5 Å². The summed E-state index contributed by atoms with van der Waals surface area (Å²) in [4.78, 5) is 0. The van der Waals surface area contributed by atoms with Gasteiger partial charge in [0.2, 0.25) is 0 Å². The maximum atomic E-state index is 11.1. The van der Waals surface area contributed by atoms with Crippen molar-refractivity contribution < 1.29 is 9.50 Å². The molecule has 1 aromatic carbocycles. The zero-order chi connectivity index (χ0) is 10.1. The minimum atomic E-state index is 0.322. The summed E-state index contributed by atoms with van der Waals surface area (Å²) >= 11 is 0. The molecule has 0 radical (unpaired) electrons. The van der Waals surface area contributed by atoms with Crippen LogP contribution in [0.2, 0.25) is 0 Å². The number of benzene rings is 1. The molecule has 0 unspecified atom stereocenters. The standard InChI is InChI=1S/C6H6O.C5H9F/c7-6-4-2-1-3-5-6;1-5(2)3-4-6/h1-5,7H;3-5H,1-2H3/b;4-3+. The van der Waals surface area contributed by atoms with Crippen LogP contribution < -0.4 is 0 Å². The Morgan fingerprint density at radius 1 is 1.23 bits per heavy atom. The summed E-state index contributed by atoms with van der Waals surface area (Å²) in [6.45, 7) is 3.85. The van der Waals surface area contributed by atoms with Gasteiger partial charge in [0.15, 0.2) is 0 Å². The highest BCUT2D eigenvalue weighted by Crippen LogP contribution is 2.02. The number of allylic oxidation sites excluding steroid dienone is 1. The minimum absolute atomic E-state index is 0.322. The molecule has 0 saturated carbocycles. The lowest BCUT2D eigenvalue weighted by molar-refractivity contribution is 0.475. The predicted molar refractivity (Wildman–Crippen MR) is 53.2 cm³/mol.